The standard InChI is InChI=1S/C22H22N2O4/c1-26-20-6-7-21-17(15-20)14-16(8-11-28-21)22(25)23-18-2-4-19(5-3-18)24-9-12-27-13-10-24/h2-8,11,14-15H,9-10,12-13H2,1H3,(H,23,25). The molecule has 0 bridgehead atoms. The van der Waals surface area contributed by atoms with E-state index >= 15 is 0 Å². The number of hydrogen-bond donors (Lipinski definition) is 1. The van der Waals surface area contributed by atoms with Crippen molar-refractivity contribution in [3.8, 4) is 11.5 Å². The first-order chi connectivity index (χ1) is 13.7. The predicted molar refractivity (Wildman–Crippen MR) is 109 cm³/mol. The van der Waals surface area contributed by atoms with Gasteiger partial charge in [0.25, 0.3) is 5.91 Å². The SMILES string of the molecule is COc1ccc2c(c1)C=C(C(=O)Nc1ccc(N3CCOCC3)cc1)C=CO2. The molecule has 1 N–H and O–H groups in total. The molecule has 1 amide bonds. The van der Waals surface area contributed by atoms with Crippen LogP contribution in [0.1, 0.15) is 5.56 Å². The van der Waals surface area contributed by atoms with Gasteiger partial charge in [0.15, 0.2) is 0 Å². The number of morpholine rings is 1. The summed E-state index contributed by atoms with van der Waals surface area (Å²) >= 11 is 0. The number of methoxy groups -OCH3 is 1. The van der Waals surface area contributed by atoms with E-state index in [4.69, 9.17) is 14.2 Å². The van der Waals surface area contributed by atoms with Crippen molar-refractivity contribution in [3.63, 3.8) is 0 Å². The summed E-state index contributed by atoms with van der Waals surface area (Å²) in [5.41, 5.74) is 3.16. The Hall–Kier alpha value is -3.25. The maximum Gasteiger partial charge on any atom is 0.255 e. The van der Waals surface area contributed by atoms with Crippen LogP contribution in [0.15, 0.2) is 60.4 Å². The van der Waals surface area contributed by atoms with Gasteiger partial charge in [0.1, 0.15) is 11.5 Å². The first-order valence-corrected chi connectivity index (χ1v) is 9.20. The van der Waals surface area contributed by atoms with E-state index in [0.717, 1.165) is 43.2 Å². The van der Waals surface area contributed by atoms with Crippen LogP contribution in [-0.4, -0.2) is 39.3 Å². The van der Waals surface area contributed by atoms with E-state index in [2.05, 4.69) is 10.2 Å². The molecule has 6 heteroatoms. The number of carbonyl (C=O) groups excluding carboxylic acids is 1. The van der Waals surface area contributed by atoms with Crippen molar-refractivity contribution in [2.75, 3.05) is 43.6 Å². The summed E-state index contributed by atoms with van der Waals surface area (Å²) in [5.74, 6) is 1.18. The second-order valence-electron chi connectivity index (χ2n) is 6.52. The molecule has 0 atom stereocenters. The van der Waals surface area contributed by atoms with Crippen LogP contribution in [0.2, 0.25) is 0 Å². The smallest absolute Gasteiger partial charge is 0.255 e. The molecule has 2 aromatic carbocycles. The molecule has 0 aromatic heterocycles. The Morgan fingerprint density at radius 3 is 2.64 bits per heavy atom. The minimum Gasteiger partial charge on any atom is -0.497 e. The maximum absolute atomic E-state index is 12.7. The second kappa shape index (κ2) is 8.19. The van der Waals surface area contributed by atoms with Crippen molar-refractivity contribution in [1.29, 1.82) is 0 Å². The number of amides is 1. The number of fused-ring (bicyclic) bond motifs is 1. The average molecular weight is 378 g/mol. The fourth-order valence-corrected chi connectivity index (χ4v) is 3.19. The summed E-state index contributed by atoms with van der Waals surface area (Å²) in [6.07, 6.45) is 4.97. The molecule has 0 saturated carbocycles. The fraction of sp³-hybridized carbons (Fsp3) is 0.227. The van der Waals surface area contributed by atoms with Crippen LogP contribution in [0.25, 0.3) is 6.08 Å². The summed E-state index contributed by atoms with van der Waals surface area (Å²) in [4.78, 5) is 15.0. The fourth-order valence-electron chi connectivity index (χ4n) is 3.19. The number of nitrogens with one attached hydrogen (secondary N) is 1. The predicted octanol–water partition coefficient (Wildman–Crippen LogP) is 3.46. The van der Waals surface area contributed by atoms with E-state index < -0.39 is 0 Å². The molecule has 0 spiro atoms. The highest BCUT2D eigenvalue weighted by atomic mass is 16.5. The topological polar surface area (TPSA) is 60.0 Å². The van der Waals surface area contributed by atoms with Crippen molar-refractivity contribution in [1.82, 2.24) is 0 Å². The third-order valence-electron chi connectivity index (χ3n) is 4.73. The molecule has 2 aliphatic heterocycles. The Balaban J connectivity index is 1.48. The Kier molecular flexibility index (Phi) is 5.30. The van der Waals surface area contributed by atoms with Gasteiger partial charge >= 0.3 is 0 Å². The van der Waals surface area contributed by atoms with Crippen LogP contribution in [0.5, 0.6) is 11.5 Å². The van der Waals surface area contributed by atoms with Crippen LogP contribution in [0.4, 0.5) is 11.4 Å². The molecule has 1 saturated heterocycles. The zero-order valence-electron chi connectivity index (χ0n) is 15.7. The van der Waals surface area contributed by atoms with Crippen LogP contribution >= 0.6 is 0 Å². The van der Waals surface area contributed by atoms with Crippen molar-refractivity contribution in [3.05, 3.63) is 65.9 Å². The zero-order chi connectivity index (χ0) is 19.3. The maximum atomic E-state index is 12.7. The van der Waals surface area contributed by atoms with Gasteiger partial charge in [0.2, 0.25) is 0 Å². The van der Waals surface area contributed by atoms with Gasteiger partial charge in [0, 0.05) is 35.6 Å². The molecule has 0 aliphatic carbocycles. The quantitative estimate of drug-likeness (QED) is 0.883. The van der Waals surface area contributed by atoms with Gasteiger partial charge in [-0.15, -0.1) is 0 Å². The lowest BCUT2D eigenvalue weighted by molar-refractivity contribution is -0.112. The number of rotatable bonds is 4. The Bertz CT molecular complexity index is 913. The molecular weight excluding hydrogens is 356 g/mol. The third kappa shape index (κ3) is 4.02. The van der Waals surface area contributed by atoms with Gasteiger partial charge in [-0.1, -0.05) is 0 Å². The highest BCUT2D eigenvalue weighted by Crippen LogP contribution is 2.29. The van der Waals surface area contributed by atoms with Gasteiger partial charge in [-0.2, -0.15) is 0 Å². The third-order valence-corrected chi connectivity index (χ3v) is 4.73. The van der Waals surface area contributed by atoms with E-state index in [1.807, 2.05) is 42.5 Å². The van der Waals surface area contributed by atoms with Gasteiger partial charge in [-0.25, -0.2) is 0 Å². The van der Waals surface area contributed by atoms with Crippen LogP contribution in [0, 0.1) is 0 Å². The molecule has 2 aliphatic rings. The molecule has 28 heavy (non-hydrogen) atoms. The first-order valence-electron chi connectivity index (χ1n) is 9.20. The normalized spacial score (nSPS) is 15.8. The molecule has 0 radical (unpaired) electrons. The number of ether oxygens (including phenoxy) is 3. The minimum atomic E-state index is -0.199. The van der Waals surface area contributed by atoms with Crippen LogP contribution < -0.4 is 19.7 Å². The van der Waals surface area contributed by atoms with Gasteiger partial charge < -0.3 is 24.4 Å². The average Bonchev–Trinajstić information content (AvgIpc) is 2.97. The van der Waals surface area contributed by atoms with Crippen LogP contribution in [-0.2, 0) is 9.53 Å². The number of carbonyl (C=O) groups is 1. The summed E-state index contributed by atoms with van der Waals surface area (Å²) < 4.78 is 16.2. The Morgan fingerprint density at radius 1 is 1.11 bits per heavy atom. The van der Waals surface area contributed by atoms with Crippen molar-refractivity contribution < 1.29 is 19.0 Å². The lowest BCUT2D eigenvalue weighted by Crippen LogP contribution is -2.36. The molecule has 6 nitrogen and oxygen atoms in total. The first kappa shape index (κ1) is 18.1. The van der Waals surface area contributed by atoms with E-state index in [0.29, 0.717) is 17.1 Å². The monoisotopic (exact) mass is 378 g/mol. The number of anilines is 2. The van der Waals surface area contributed by atoms with E-state index in [9.17, 15) is 4.79 Å². The van der Waals surface area contributed by atoms with Crippen LogP contribution in [0.3, 0.4) is 0 Å². The Morgan fingerprint density at radius 2 is 1.89 bits per heavy atom. The molecule has 4 rings (SSSR count). The van der Waals surface area contributed by atoms with Crippen molar-refractivity contribution in [2.45, 2.75) is 0 Å². The van der Waals surface area contributed by atoms with E-state index in [1.54, 1.807) is 19.3 Å². The molecule has 1 fully saturated rings. The largest absolute Gasteiger partial charge is 0.497 e. The molecular formula is C22H22N2O4. The molecule has 2 aromatic rings. The van der Waals surface area contributed by atoms with Crippen molar-refractivity contribution in [2.24, 2.45) is 0 Å². The number of nitrogens with zero attached hydrogens (tertiary/aromatic N) is 1. The summed E-state index contributed by atoms with van der Waals surface area (Å²) in [6.45, 7) is 3.25. The lowest BCUT2D eigenvalue weighted by atomic mass is 10.1. The summed E-state index contributed by atoms with van der Waals surface area (Å²) in [6, 6.07) is 13.3. The minimum absolute atomic E-state index is 0.199. The summed E-state index contributed by atoms with van der Waals surface area (Å²) in [5, 5.41) is 2.94. The number of hydrogen-bond acceptors (Lipinski definition) is 5. The van der Waals surface area contributed by atoms with Gasteiger partial charge in [-0.05, 0) is 54.6 Å². The Labute approximate surface area is 164 Å². The second-order valence-corrected chi connectivity index (χ2v) is 6.52. The number of benzene rings is 2. The summed E-state index contributed by atoms with van der Waals surface area (Å²) in [7, 11) is 1.61. The molecule has 0 unspecified atom stereocenters. The lowest BCUT2D eigenvalue weighted by Gasteiger charge is -2.28. The highest BCUT2D eigenvalue weighted by Gasteiger charge is 2.14. The highest BCUT2D eigenvalue weighted by molar-refractivity contribution is 6.09. The van der Waals surface area contributed by atoms with Gasteiger partial charge in [0.05, 0.1) is 26.6 Å². The van der Waals surface area contributed by atoms with E-state index in [-0.39, 0.29) is 5.91 Å². The van der Waals surface area contributed by atoms with Crippen molar-refractivity contribution >= 4 is 23.4 Å². The van der Waals surface area contributed by atoms with E-state index in [1.165, 1.54) is 6.26 Å². The molecule has 2 heterocycles. The van der Waals surface area contributed by atoms with Gasteiger partial charge in [-0.3, -0.25) is 4.79 Å². The zero-order valence-corrected chi connectivity index (χ0v) is 15.7. The molecule has 144 valence electrons.